The van der Waals surface area contributed by atoms with E-state index >= 15 is 0 Å². The molecule has 0 fully saturated rings. The smallest absolute Gasteiger partial charge is 0.326 e. The minimum atomic E-state index is -1.54. The molecule has 0 aliphatic carbocycles. The topological polar surface area (TPSA) is 202 Å². The van der Waals surface area contributed by atoms with E-state index in [0.29, 0.717) is 5.56 Å². The van der Waals surface area contributed by atoms with Crippen molar-refractivity contribution in [2.24, 2.45) is 11.5 Å². The predicted octanol–water partition coefficient (Wildman–Crippen LogP) is -1.65. The molecule has 0 saturated heterocycles. The van der Waals surface area contributed by atoms with Crippen LogP contribution >= 0.6 is 0 Å². The van der Waals surface area contributed by atoms with Gasteiger partial charge in [-0.2, -0.15) is 0 Å². The van der Waals surface area contributed by atoms with Gasteiger partial charge >= 0.3 is 11.9 Å². The van der Waals surface area contributed by atoms with E-state index in [4.69, 9.17) is 16.6 Å². The third-order valence-electron chi connectivity index (χ3n) is 3.95. The molecule has 0 radical (unpaired) electrons. The Morgan fingerprint density at radius 3 is 2.03 bits per heavy atom. The largest absolute Gasteiger partial charge is 0.481 e. The highest BCUT2D eigenvalue weighted by molar-refractivity contribution is 5.94. The van der Waals surface area contributed by atoms with E-state index in [2.05, 4.69) is 10.6 Å². The molecule has 11 nitrogen and oxygen atoms in total. The summed E-state index contributed by atoms with van der Waals surface area (Å²) in [4.78, 5) is 57.8. The Morgan fingerprint density at radius 1 is 0.931 bits per heavy atom. The first kappa shape index (κ1) is 23.6. The summed E-state index contributed by atoms with van der Waals surface area (Å²) in [5.74, 6) is -5.21. The molecule has 3 atom stereocenters. The zero-order chi connectivity index (χ0) is 22.0. The lowest BCUT2D eigenvalue weighted by Crippen LogP contribution is -2.55. The van der Waals surface area contributed by atoms with E-state index in [1.807, 2.05) is 0 Å². The number of carbonyl (C=O) groups is 5. The minimum Gasteiger partial charge on any atom is -0.481 e. The molecule has 1 rings (SSSR count). The lowest BCUT2D eigenvalue weighted by molar-refractivity contribution is -0.143. The quantitative estimate of drug-likeness (QED) is 0.236. The molecule has 1 aromatic rings. The number of benzene rings is 1. The van der Waals surface area contributed by atoms with Crippen LogP contribution in [0.1, 0.15) is 24.8 Å². The van der Waals surface area contributed by atoms with E-state index < -0.39 is 54.2 Å². The van der Waals surface area contributed by atoms with Crippen molar-refractivity contribution in [3.8, 4) is 0 Å². The number of nitrogens with one attached hydrogen (secondary N) is 2. The normalized spacial score (nSPS) is 13.6. The van der Waals surface area contributed by atoms with Crippen molar-refractivity contribution in [1.29, 1.82) is 0 Å². The lowest BCUT2D eigenvalue weighted by Gasteiger charge is -2.22. The Morgan fingerprint density at radius 2 is 1.52 bits per heavy atom. The summed E-state index contributed by atoms with van der Waals surface area (Å²) in [6.07, 6.45) is -1.07. The summed E-state index contributed by atoms with van der Waals surface area (Å²) in [5, 5.41) is 22.8. The Labute approximate surface area is 166 Å². The third kappa shape index (κ3) is 8.84. The molecular formula is C18H24N4O7. The Kier molecular flexibility index (Phi) is 9.26. The summed E-state index contributed by atoms with van der Waals surface area (Å²) in [6, 6.07) is 4.45. The van der Waals surface area contributed by atoms with Gasteiger partial charge in [-0.05, 0) is 12.0 Å². The lowest BCUT2D eigenvalue weighted by atomic mass is 10.0. The van der Waals surface area contributed by atoms with Gasteiger partial charge in [0.25, 0.3) is 0 Å². The Balaban J connectivity index is 2.82. The van der Waals surface area contributed by atoms with E-state index in [1.54, 1.807) is 30.3 Å². The summed E-state index contributed by atoms with van der Waals surface area (Å²) in [7, 11) is 0. The van der Waals surface area contributed by atoms with Crippen LogP contribution in [0, 0.1) is 0 Å². The fourth-order valence-electron chi connectivity index (χ4n) is 2.41. The molecule has 0 spiro atoms. The zero-order valence-corrected chi connectivity index (χ0v) is 15.5. The maximum absolute atomic E-state index is 12.4. The maximum atomic E-state index is 12.4. The van der Waals surface area contributed by atoms with Gasteiger partial charge in [-0.25, -0.2) is 4.79 Å². The Bertz CT molecular complexity index is 754. The predicted molar refractivity (Wildman–Crippen MR) is 100 cm³/mol. The molecule has 0 aromatic heterocycles. The maximum Gasteiger partial charge on any atom is 0.326 e. The van der Waals surface area contributed by atoms with Gasteiger partial charge in [0.15, 0.2) is 0 Å². The molecule has 1 aromatic carbocycles. The monoisotopic (exact) mass is 408 g/mol. The third-order valence-corrected chi connectivity index (χ3v) is 3.95. The SMILES string of the molecule is NC(=O)CCC(N)C(=O)NC(CC(=O)O)C(=O)NC(Cc1ccccc1)C(=O)O. The van der Waals surface area contributed by atoms with Gasteiger partial charge in [0.05, 0.1) is 12.5 Å². The highest BCUT2D eigenvalue weighted by atomic mass is 16.4. The second-order valence-electron chi connectivity index (χ2n) is 6.36. The van der Waals surface area contributed by atoms with Crippen molar-refractivity contribution < 1.29 is 34.2 Å². The second-order valence-corrected chi connectivity index (χ2v) is 6.36. The van der Waals surface area contributed by atoms with Crippen LogP contribution in [0.15, 0.2) is 30.3 Å². The molecule has 0 heterocycles. The number of rotatable bonds is 12. The molecule has 11 heteroatoms. The van der Waals surface area contributed by atoms with Crippen LogP contribution < -0.4 is 22.1 Å². The van der Waals surface area contributed by atoms with Crippen LogP contribution in [-0.2, 0) is 30.4 Å². The summed E-state index contributed by atoms with van der Waals surface area (Å²) < 4.78 is 0. The van der Waals surface area contributed by atoms with Crippen molar-refractivity contribution in [1.82, 2.24) is 10.6 Å². The van der Waals surface area contributed by atoms with Crippen LogP contribution in [0.4, 0.5) is 0 Å². The molecule has 0 bridgehead atoms. The first-order valence-corrected chi connectivity index (χ1v) is 8.73. The summed E-state index contributed by atoms with van der Waals surface area (Å²) >= 11 is 0. The molecule has 0 aliphatic heterocycles. The number of primary amides is 1. The van der Waals surface area contributed by atoms with Crippen LogP contribution in [0.25, 0.3) is 0 Å². The first-order chi connectivity index (χ1) is 13.6. The fraction of sp³-hybridized carbons (Fsp3) is 0.389. The molecular weight excluding hydrogens is 384 g/mol. The van der Waals surface area contributed by atoms with Gasteiger partial charge in [0.1, 0.15) is 12.1 Å². The van der Waals surface area contributed by atoms with Gasteiger partial charge in [-0.15, -0.1) is 0 Å². The van der Waals surface area contributed by atoms with Crippen LogP contribution in [0.2, 0.25) is 0 Å². The summed E-state index contributed by atoms with van der Waals surface area (Å²) in [5.41, 5.74) is 11.2. The van der Waals surface area contributed by atoms with Gasteiger partial charge in [-0.3, -0.25) is 19.2 Å². The molecule has 0 saturated carbocycles. The van der Waals surface area contributed by atoms with Gasteiger partial charge in [-0.1, -0.05) is 30.3 Å². The molecule has 3 unspecified atom stereocenters. The molecule has 3 amide bonds. The molecule has 29 heavy (non-hydrogen) atoms. The van der Waals surface area contributed by atoms with Crippen molar-refractivity contribution in [3.05, 3.63) is 35.9 Å². The van der Waals surface area contributed by atoms with Crippen molar-refractivity contribution in [2.75, 3.05) is 0 Å². The number of carboxylic acids is 2. The molecule has 0 aliphatic rings. The van der Waals surface area contributed by atoms with Gasteiger partial charge in [0, 0.05) is 12.8 Å². The van der Waals surface area contributed by atoms with Crippen LogP contribution in [0.3, 0.4) is 0 Å². The van der Waals surface area contributed by atoms with Crippen molar-refractivity contribution in [3.63, 3.8) is 0 Å². The highest BCUT2D eigenvalue weighted by Crippen LogP contribution is 2.05. The second kappa shape index (κ2) is 11.4. The van der Waals surface area contributed by atoms with E-state index in [-0.39, 0.29) is 19.3 Å². The standard InChI is InChI=1S/C18H24N4O7/c19-11(6-7-14(20)23)16(26)21-12(9-15(24)25)17(27)22-13(18(28)29)8-10-4-2-1-3-5-10/h1-5,11-13H,6-9,19H2,(H2,20,23)(H,21,26)(H,22,27)(H,24,25)(H,28,29). The van der Waals surface area contributed by atoms with Gasteiger partial charge in [0.2, 0.25) is 17.7 Å². The first-order valence-electron chi connectivity index (χ1n) is 8.73. The fourth-order valence-corrected chi connectivity index (χ4v) is 2.41. The number of nitrogens with two attached hydrogens (primary N) is 2. The highest BCUT2D eigenvalue weighted by Gasteiger charge is 2.29. The number of amides is 3. The average Bonchev–Trinajstić information content (AvgIpc) is 2.65. The van der Waals surface area contributed by atoms with Crippen molar-refractivity contribution >= 4 is 29.7 Å². The number of aliphatic carboxylic acids is 2. The summed E-state index contributed by atoms with van der Waals surface area (Å²) in [6.45, 7) is 0. The van der Waals surface area contributed by atoms with E-state index in [0.717, 1.165) is 0 Å². The van der Waals surface area contributed by atoms with E-state index in [1.165, 1.54) is 0 Å². The van der Waals surface area contributed by atoms with Crippen LogP contribution in [-0.4, -0.2) is 58.0 Å². The number of carboxylic acid groups (broad SMARTS) is 2. The molecule has 158 valence electrons. The Hall–Kier alpha value is -3.47. The average molecular weight is 408 g/mol. The van der Waals surface area contributed by atoms with E-state index in [9.17, 15) is 29.1 Å². The number of hydrogen-bond acceptors (Lipinski definition) is 6. The van der Waals surface area contributed by atoms with Gasteiger partial charge < -0.3 is 32.3 Å². The number of carbonyl (C=O) groups excluding carboxylic acids is 3. The molecule has 8 N–H and O–H groups in total. The minimum absolute atomic E-state index is 0.0340. The van der Waals surface area contributed by atoms with Crippen molar-refractivity contribution in [2.45, 2.75) is 43.8 Å². The zero-order valence-electron chi connectivity index (χ0n) is 15.5. The van der Waals surface area contributed by atoms with Crippen LogP contribution in [0.5, 0.6) is 0 Å². The number of hydrogen-bond donors (Lipinski definition) is 6.